The molecule has 1 N–H and O–H groups in total. The van der Waals surface area contributed by atoms with Gasteiger partial charge < -0.3 is 5.32 Å². The van der Waals surface area contributed by atoms with E-state index in [-0.39, 0.29) is 6.67 Å². The third-order valence-electron chi connectivity index (χ3n) is 0.803. The highest BCUT2D eigenvalue weighted by Gasteiger charge is 1.89. The molecule has 0 saturated carbocycles. The fraction of sp³-hybridized carbons (Fsp3) is 0.400. The lowest BCUT2D eigenvalue weighted by Gasteiger charge is -1.94. The molecular formula is C5H7FN2S. The quantitative estimate of drug-likeness (QED) is 0.699. The number of aromatic nitrogens is 1. The van der Waals surface area contributed by atoms with Crippen molar-refractivity contribution in [3.05, 3.63) is 11.6 Å². The Morgan fingerprint density at radius 3 is 3.22 bits per heavy atom. The summed E-state index contributed by atoms with van der Waals surface area (Å²) in [7, 11) is 0. The highest BCUT2D eigenvalue weighted by Crippen LogP contribution is 2.08. The van der Waals surface area contributed by atoms with E-state index in [0.29, 0.717) is 6.54 Å². The van der Waals surface area contributed by atoms with Gasteiger partial charge in [-0.15, -0.1) is 11.3 Å². The zero-order valence-electron chi connectivity index (χ0n) is 4.80. The van der Waals surface area contributed by atoms with E-state index in [9.17, 15) is 4.39 Å². The van der Waals surface area contributed by atoms with E-state index in [0.717, 1.165) is 5.13 Å². The first-order chi connectivity index (χ1) is 4.43. The zero-order valence-corrected chi connectivity index (χ0v) is 5.62. The van der Waals surface area contributed by atoms with Crippen molar-refractivity contribution in [3.8, 4) is 0 Å². The summed E-state index contributed by atoms with van der Waals surface area (Å²) in [5.74, 6) is 0. The van der Waals surface area contributed by atoms with E-state index in [1.807, 2.05) is 5.38 Å². The fourth-order valence-electron chi connectivity index (χ4n) is 0.465. The first-order valence-electron chi connectivity index (χ1n) is 2.63. The molecule has 0 aliphatic heterocycles. The molecule has 0 spiro atoms. The summed E-state index contributed by atoms with van der Waals surface area (Å²) in [5, 5.41) is 5.44. The van der Waals surface area contributed by atoms with E-state index in [2.05, 4.69) is 10.3 Å². The van der Waals surface area contributed by atoms with Crippen LogP contribution in [0.4, 0.5) is 9.52 Å². The average Bonchev–Trinajstić information content (AvgIpc) is 2.34. The lowest BCUT2D eigenvalue weighted by Crippen LogP contribution is -2.01. The number of nitrogens with zero attached hydrogens (tertiary/aromatic N) is 1. The van der Waals surface area contributed by atoms with Gasteiger partial charge in [0.05, 0.1) is 0 Å². The molecule has 2 nitrogen and oxygen atoms in total. The monoisotopic (exact) mass is 146 g/mol. The number of halogens is 1. The molecule has 0 amide bonds. The number of hydrogen-bond donors (Lipinski definition) is 1. The second kappa shape index (κ2) is 3.40. The third kappa shape index (κ3) is 1.97. The van der Waals surface area contributed by atoms with Crippen LogP contribution in [0.25, 0.3) is 0 Å². The third-order valence-corrected chi connectivity index (χ3v) is 1.53. The summed E-state index contributed by atoms with van der Waals surface area (Å²) in [6.07, 6.45) is 1.69. The molecular weight excluding hydrogens is 139 g/mol. The number of hydrogen-bond acceptors (Lipinski definition) is 3. The van der Waals surface area contributed by atoms with E-state index < -0.39 is 0 Å². The molecule has 0 atom stereocenters. The van der Waals surface area contributed by atoms with Crippen LogP contribution in [-0.2, 0) is 0 Å². The van der Waals surface area contributed by atoms with Gasteiger partial charge in [0.25, 0.3) is 0 Å². The summed E-state index contributed by atoms with van der Waals surface area (Å²) in [6, 6.07) is 0. The summed E-state index contributed by atoms with van der Waals surface area (Å²) in [5.41, 5.74) is 0. The molecule has 1 aromatic rings. The van der Waals surface area contributed by atoms with Gasteiger partial charge in [-0.05, 0) is 0 Å². The van der Waals surface area contributed by atoms with Crippen molar-refractivity contribution >= 4 is 16.5 Å². The Balaban J connectivity index is 2.30. The Bertz CT molecular complexity index is 152. The summed E-state index contributed by atoms with van der Waals surface area (Å²) in [4.78, 5) is 3.89. The zero-order chi connectivity index (χ0) is 6.53. The lowest BCUT2D eigenvalue weighted by atomic mass is 10.7. The predicted octanol–water partition coefficient (Wildman–Crippen LogP) is 1.52. The fourth-order valence-corrected chi connectivity index (χ4v) is 1.02. The van der Waals surface area contributed by atoms with Gasteiger partial charge in [0.15, 0.2) is 5.13 Å². The Kier molecular flexibility index (Phi) is 2.45. The average molecular weight is 146 g/mol. The van der Waals surface area contributed by atoms with E-state index in [1.165, 1.54) is 11.3 Å². The summed E-state index contributed by atoms with van der Waals surface area (Å²) < 4.78 is 11.5. The largest absolute Gasteiger partial charge is 0.359 e. The van der Waals surface area contributed by atoms with Crippen molar-refractivity contribution in [1.82, 2.24) is 4.98 Å². The molecule has 0 unspecified atom stereocenters. The normalized spacial score (nSPS) is 9.44. The second-order valence-electron chi connectivity index (χ2n) is 1.45. The molecule has 0 aliphatic rings. The first-order valence-corrected chi connectivity index (χ1v) is 3.51. The molecule has 0 radical (unpaired) electrons. The smallest absolute Gasteiger partial charge is 0.182 e. The SMILES string of the molecule is FCCNc1nccs1. The van der Waals surface area contributed by atoms with Gasteiger partial charge in [0.1, 0.15) is 6.67 Å². The predicted molar refractivity (Wildman–Crippen MR) is 36.6 cm³/mol. The molecule has 50 valence electrons. The van der Waals surface area contributed by atoms with E-state index in [4.69, 9.17) is 0 Å². The number of thiazole rings is 1. The maximum absolute atomic E-state index is 11.5. The second-order valence-corrected chi connectivity index (χ2v) is 2.35. The Morgan fingerprint density at radius 1 is 1.78 bits per heavy atom. The van der Waals surface area contributed by atoms with Crippen LogP contribution in [0, 0.1) is 0 Å². The van der Waals surface area contributed by atoms with Crippen LogP contribution in [-0.4, -0.2) is 18.2 Å². The van der Waals surface area contributed by atoms with Gasteiger partial charge in [0, 0.05) is 18.1 Å². The molecule has 0 aliphatic carbocycles. The van der Waals surface area contributed by atoms with Crippen LogP contribution in [0.1, 0.15) is 0 Å². The van der Waals surface area contributed by atoms with Crippen LogP contribution < -0.4 is 5.32 Å². The van der Waals surface area contributed by atoms with Gasteiger partial charge in [0.2, 0.25) is 0 Å². The van der Waals surface area contributed by atoms with Gasteiger partial charge in [-0.1, -0.05) is 0 Å². The highest BCUT2D eigenvalue weighted by atomic mass is 32.1. The lowest BCUT2D eigenvalue weighted by molar-refractivity contribution is 0.512. The van der Waals surface area contributed by atoms with Gasteiger partial charge in [-0.3, -0.25) is 0 Å². The van der Waals surface area contributed by atoms with E-state index >= 15 is 0 Å². The van der Waals surface area contributed by atoms with Crippen LogP contribution in [0.2, 0.25) is 0 Å². The van der Waals surface area contributed by atoms with Crippen molar-refractivity contribution in [2.45, 2.75) is 0 Å². The Hall–Kier alpha value is -0.640. The minimum absolute atomic E-state index is 0.348. The van der Waals surface area contributed by atoms with Crippen molar-refractivity contribution < 1.29 is 4.39 Å². The maximum atomic E-state index is 11.5. The van der Waals surface area contributed by atoms with Crippen LogP contribution in [0.3, 0.4) is 0 Å². The summed E-state index contributed by atoms with van der Waals surface area (Å²) >= 11 is 1.47. The van der Waals surface area contributed by atoms with Crippen molar-refractivity contribution in [2.75, 3.05) is 18.5 Å². The molecule has 0 saturated heterocycles. The number of alkyl halides is 1. The van der Waals surface area contributed by atoms with Gasteiger partial charge in [-0.2, -0.15) is 0 Å². The molecule has 4 heteroatoms. The van der Waals surface area contributed by atoms with Gasteiger partial charge in [-0.25, -0.2) is 9.37 Å². The Labute approximate surface area is 56.7 Å². The molecule has 0 aromatic carbocycles. The standard InChI is InChI=1S/C5H7FN2S/c6-1-2-7-5-8-3-4-9-5/h3-4H,1-2H2,(H,7,8). The van der Waals surface area contributed by atoms with Crippen molar-refractivity contribution in [1.29, 1.82) is 0 Å². The highest BCUT2D eigenvalue weighted by molar-refractivity contribution is 7.13. The molecule has 0 bridgehead atoms. The van der Waals surface area contributed by atoms with Crippen LogP contribution in [0.5, 0.6) is 0 Å². The van der Waals surface area contributed by atoms with Crippen LogP contribution >= 0.6 is 11.3 Å². The molecule has 9 heavy (non-hydrogen) atoms. The van der Waals surface area contributed by atoms with Crippen molar-refractivity contribution in [2.24, 2.45) is 0 Å². The van der Waals surface area contributed by atoms with E-state index in [1.54, 1.807) is 6.20 Å². The number of anilines is 1. The molecule has 1 heterocycles. The Morgan fingerprint density at radius 2 is 2.67 bits per heavy atom. The number of rotatable bonds is 3. The molecule has 0 fully saturated rings. The minimum atomic E-state index is -0.348. The minimum Gasteiger partial charge on any atom is -0.359 e. The molecule has 1 aromatic heterocycles. The topological polar surface area (TPSA) is 24.9 Å². The maximum Gasteiger partial charge on any atom is 0.182 e. The van der Waals surface area contributed by atoms with Crippen LogP contribution in [0.15, 0.2) is 11.6 Å². The van der Waals surface area contributed by atoms with Gasteiger partial charge >= 0.3 is 0 Å². The molecule has 1 rings (SSSR count). The summed E-state index contributed by atoms with van der Waals surface area (Å²) in [6.45, 7) is 0.00704. The van der Waals surface area contributed by atoms with Crippen molar-refractivity contribution in [3.63, 3.8) is 0 Å². The number of nitrogens with one attached hydrogen (secondary N) is 1. The first kappa shape index (κ1) is 6.48.